The number of fused-ring (bicyclic) bond motifs is 1. The Morgan fingerprint density at radius 3 is 2.73 bits per heavy atom. The zero-order chi connectivity index (χ0) is 11.0. The lowest BCUT2D eigenvalue weighted by atomic mass is 10.3. The minimum Gasteiger partial charge on any atom is -0.479 e. The largest absolute Gasteiger partial charge is 0.479 e. The van der Waals surface area contributed by atoms with Crippen molar-refractivity contribution in [1.82, 2.24) is 9.97 Å². The maximum atomic E-state index is 13.2. The molecule has 2 rings (SSSR count). The van der Waals surface area contributed by atoms with E-state index in [-0.39, 0.29) is 21.4 Å². The Morgan fingerprint density at radius 1 is 1.33 bits per heavy atom. The molecule has 6 heteroatoms. The molecule has 2 heterocycles. The van der Waals surface area contributed by atoms with Crippen LogP contribution < -0.4 is 4.74 Å². The van der Waals surface area contributed by atoms with Gasteiger partial charge in [0.1, 0.15) is 5.52 Å². The first-order valence-electron chi connectivity index (χ1n) is 3.97. The molecule has 0 fully saturated rings. The van der Waals surface area contributed by atoms with Crippen LogP contribution in [0, 0.1) is 11.6 Å². The van der Waals surface area contributed by atoms with Crippen LogP contribution in [0.25, 0.3) is 11.0 Å². The van der Waals surface area contributed by atoms with Crippen LogP contribution in [0.3, 0.4) is 0 Å². The summed E-state index contributed by atoms with van der Waals surface area (Å²) in [5, 5.41) is 0. The molecule has 2 aromatic rings. The van der Waals surface area contributed by atoms with E-state index in [0.717, 1.165) is 12.3 Å². The van der Waals surface area contributed by atoms with E-state index in [1.54, 1.807) is 0 Å². The number of halogens is 3. The van der Waals surface area contributed by atoms with E-state index in [1.165, 1.54) is 7.11 Å². The predicted octanol–water partition coefficient (Wildman–Crippen LogP) is 2.68. The van der Waals surface area contributed by atoms with Gasteiger partial charge in [0, 0.05) is 6.07 Å². The summed E-state index contributed by atoms with van der Waals surface area (Å²) in [7, 11) is 1.29. The molecule has 0 radical (unpaired) electrons. The first kappa shape index (κ1) is 10.2. The van der Waals surface area contributed by atoms with Crippen molar-refractivity contribution in [3.63, 3.8) is 0 Å². The molecule has 0 aliphatic carbocycles. The lowest BCUT2D eigenvalue weighted by Crippen LogP contribution is -1.95. The Labute approximate surface area is 92.2 Å². The SMILES string of the molecule is COc1nc2c(Br)c(F)cnc2cc1F. The Kier molecular flexibility index (Phi) is 2.52. The fourth-order valence-electron chi connectivity index (χ4n) is 1.16. The highest BCUT2D eigenvalue weighted by Gasteiger charge is 2.12. The highest BCUT2D eigenvalue weighted by molar-refractivity contribution is 9.10. The van der Waals surface area contributed by atoms with Crippen molar-refractivity contribution in [2.75, 3.05) is 7.11 Å². The number of hydrogen-bond donors (Lipinski definition) is 0. The Bertz CT molecular complexity index is 533. The number of nitrogens with zero attached hydrogens (tertiary/aromatic N) is 2. The molecule has 0 atom stereocenters. The molecule has 0 N–H and O–H groups in total. The second-order valence-corrected chi connectivity index (χ2v) is 3.56. The van der Waals surface area contributed by atoms with Crippen LogP contribution in [0.2, 0.25) is 0 Å². The third-order valence-corrected chi connectivity index (χ3v) is 2.61. The average Bonchev–Trinajstić information content (AvgIpc) is 2.23. The molecule has 0 aromatic carbocycles. The molecule has 0 aliphatic heterocycles. The minimum absolute atomic E-state index is 0.144. The number of rotatable bonds is 1. The third kappa shape index (κ3) is 1.65. The molecule has 15 heavy (non-hydrogen) atoms. The second-order valence-electron chi connectivity index (χ2n) is 2.77. The van der Waals surface area contributed by atoms with Crippen LogP contribution in [0.1, 0.15) is 0 Å². The number of hydrogen-bond acceptors (Lipinski definition) is 3. The third-order valence-electron chi connectivity index (χ3n) is 1.85. The summed E-state index contributed by atoms with van der Waals surface area (Å²) in [6, 6.07) is 1.14. The van der Waals surface area contributed by atoms with Crippen LogP contribution >= 0.6 is 15.9 Å². The van der Waals surface area contributed by atoms with E-state index in [9.17, 15) is 8.78 Å². The zero-order valence-corrected chi connectivity index (χ0v) is 9.18. The van der Waals surface area contributed by atoms with Crippen molar-refractivity contribution in [1.29, 1.82) is 0 Å². The summed E-state index contributed by atoms with van der Waals surface area (Å²) in [6.07, 6.45) is 1.00. The maximum Gasteiger partial charge on any atom is 0.250 e. The van der Waals surface area contributed by atoms with Crippen molar-refractivity contribution in [2.24, 2.45) is 0 Å². The van der Waals surface area contributed by atoms with Crippen LogP contribution in [-0.2, 0) is 0 Å². The van der Waals surface area contributed by atoms with E-state index >= 15 is 0 Å². The number of aromatic nitrogens is 2. The average molecular weight is 275 g/mol. The molecule has 0 unspecified atom stereocenters. The first-order chi connectivity index (χ1) is 7.13. The second kappa shape index (κ2) is 3.69. The van der Waals surface area contributed by atoms with Gasteiger partial charge in [-0.15, -0.1) is 0 Å². The summed E-state index contributed by atoms with van der Waals surface area (Å²) in [6.45, 7) is 0. The summed E-state index contributed by atoms with van der Waals surface area (Å²) in [5.41, 5.74) is 0.495. The summed E-state index contributed by atoms with van der Waals surface area (Å²) >= 11 is 3.01. The Balaban J connectivity index is 2.82. The fourth-order valence-corrected chi connectivity index (χ4v) is 1.56. The van der Waals surface area contributed by atoms with Crippen molar-refractivity contribution in [2.45, 2.75) is 0 Å². The summed E-state index contributed by atoms with van der Waals surface area (Å²) in [5.74, 6) is -1.37. The van der Waals surface area contributed by atoms with Crippen molar-refractivity contribution >= 4 is 27.0 Å². The van der Waals surface area contributed by atoms with Gasteiger partial charge in [-0.05, 0) is 15.9 Å². The molecular weight excluding hydrogens is 270 g/mol. The van der Waals surface area contributed by atoms with Crippen LogP contribution in [0.4, 0.5) is 8.78 Å². The van der Waals surface area contributed by atoms with Crippen LogP contribution in [-0.4, -0.2) is 17.1 Å². The summed E-state index contributed by atoms with van der Waals surface area (Å²) < 4.78 is 31.2. The molecule has 0 aliphatic rings. The van der Waals surface area contributed by atoms with Gasteiger partial charge in [-0.2, -0.15) is 0 Å². The summed E-state index contributed by atoms with van der Waals surface area (Å²) in [4.78, 5) is 7.52. The van der Waals surface area contributed by atoms with E-state index in [1.807, 2.05) is 0 Å². The molecule has 0 spiro atoms. The lowest BCUT2D eigenvalue weighted by molar-refractivity contribution is 0.371. The fraction of sp³-hybridized carbons (Fsp3) is 0.111. The van der Waals surface area contributed by atoms with Crippen LogP contribution in [0.5, 0.6) is 5.88 Å². The molecule has 0 amide bonds. The molecule has 0 saturated heterocycles. The van der Waals surface area contributed by atoms with Crippen molar-refractivity contribution < 1.29 is 13.5 Å². The van der Waals surface area contributed by atoms with Gasteiger partial charge >= 0.3 is 0 Å². The van der Waals surface area contributed by atoms with Gasteiger partial charge in [0.25, 0.3) is 5.88 Å². The van der Waals surface area contributed by atoms with E-state index in [0.29, 0.717) is 0 Å². The van der Waals surface area contributed by atoms with Crippen molar-refractivity contribution in [3.05, 3.63) is 28.4 Å². The van der Waals surface area contributed by atoms with Gasteiger partial charge in [-0.25, -0.2) is 13.8 Å². The monoisotopic (exact) mass is 274 g/mol. The molecule has 0 bridgehead atoms. The highest BCUT2D eigenvalue weighted by atomic mass is 79.9. The minimum atomic E-state index is -0.629. The quantitative estimate of drug-likeness (QED) is 0.802. The van der Waals surface area contributed by atoms with Gasteiger partial charge in [0.05, 0.1) is 23.3 Å². The Morgan fingerprint density at radius 2 is 2.07 bits per heavy atom. The van der Waals surface area contributed by atoms with E-state index in [4.69, 9.17) is 4.74 Å². The lowest BCUT2D eigenvalue weighted by Gasteiger charge is -2.04. The highest BCUT2D eigenvalue weighted by Crippen LogP contribution is 2.26. The zero-order valence-electron chi connectivity index (χ0n) is 7.59. The first-order valence-corrected chi connectivity index (χ1v) is 4.77. The maximum absolute atomic E-state index is 13.2. The van der Waals surface area contributed by atoms with Crippen molar-refractivity contribution in [3.8, 4) is 5.88 Å². The van der Waals surface area contributed by atoms with Gasteiger partial charge in [-0.1, -0.05) is 0 Å². The van der Waals surface area contributed by atoms with Gasteiger partial charge in [-0.3, -0.25) is 4.98 Å². The van der Waals surface area contributed by atoms with Gasteiger partial charge in [0.2, 0.25) is 0 Å². The molecule has 0 saturated carbocycles. The standard InChI is InChI=1S/C9H5BrF2N2O/c1-15-9-4(11)2-6-8(14-9)7(10)5(12)3-13-6/h2-3H,1H3. The smallest absolute Gasteiger partial charge is 0.250 e. The number of pyridine rings is 2. The van der Waals surface area contributed by atoms with E-state index < -0.39 is 11.6 Å². The van der Waals surface area contributed by atoms with Gasteiger partial charge < -0.3 is 4.74 Å². The molecule has 3 nitrogen and oxygen atoms in total. The number of ether oxygens (including phenoxy) is 1. The van der Waals surface area contributed by atoms with E-state index in [2.05, 4.69) is 25.9 Å². The topological polar surface area (TPSA) is 35.0 Å². The molecular formula is C9H5BrF2N2O. The molecule has 2 aromatic heterocycles. The Hall–Kier alpha value is -1.30. The number of methoxy groups -OCH3 is 1. The van der Waals surface area contributed by atoms with Gasteiger partial charge in [0.15, 0.2) is 11.6 Å². The van der Waals surface area contributed by atoms with Crippen LogP contribution in [0.15, 0.2) is 16.7 Å². The predicted molar refractivity (Wildman–Crippen MR) is 53.7 cm³/mol. The normalized spacial score (nSPS) is 10.7. The molecule has 78 valence electrons.